The van der Waals surface area contributed by atoms with Crippen LogP contribution in [0.25, 0.3) is 0 Å². The molecule has 0 radical (unpaired) electrons. The number of rotatable bonds is 0. The quantitative estimate of drug-likeness (QED) is 0.617. The van der Waals surface area contributed by atoms with Crippen molar-refractivity contribution in [2.45, 2.75) is 19.3 Å². The Balaban J connectivity index is 1.95. The van der Waals surface area contributed by atoms with Gasteiger partial charge in [0.2, 0.25) is 0 Å². The molecule has 16 heavy (non-hydrogen) atoms. The number of fused-ring (bicyclic) bond motifs is 10. The molecular formula is C13H25N3. The van der Waals surface area contributed by atoms with Crippen molar-refractivity contribution < 1.29 is 0 Å². The molecule has 0 amide bonds. The maximum Gasteiger partial charge on any atom is 0.0202 e. The van der Waals surface area contributed by atoms with Crippen molar-refractivity contribution in [3.05, 3.63) is 12.2 Å². The maximum atomic E-state index is 4.23. The minimum atomic E-state index is 1.11. The van der Waals surface area contributed by atoms with Gasteiger partial charge in [-0.3, -0.25) is 9.80 Å². The summed E-state index contributed by atoms with van der Waals surface area (Å²) in [5.74, 6) is 0. The molecule has 0 aromatic heterocycles. The number of hydrogen-bond donors (Lipinski definition) is 1. The molecule has 3 aliphatic rings. The number of hydrogen-bond acceptors (Lipinski definition) is 3. The average Bonchev–Trinajstić information content (AvgIpc) is 2.20. The summed E-state index contributed by atoms with van der Waals surface area (Å²) >= 11 is 0. The van der Waals surface area contributed by atoms with Crippen LogP contribution in [-0.2, 0) is 0 Å². The third-order valence-corrected chi connectivity index (χ3v) is 3.50. The van der Waals surface area contributed by atoms with Crippen molar-refractivity contribution in [3.63, 3.8) is 0 Å². The van der Waals surface area contributed by atoms with Gasteiger partial charge in [0.05, 0.1) is 0 Å². The zero-order chi connectivity index (χ0) is 11.2. The fourth-order valence-electron chi connectivity index (χ4n) is 2.72. The molecule has 0 saturated carbocycles. The van der Waals surface area contributed by atoms with Crippen molar-refractivity contribution in [2.75, 3.05) is 52.4 Å². The summed E-state index contributed by atoms with van der Waals surface area (Å²) in [5.41, 5.74) is 1.40. The lowest BCUT2D eigenvalue weighted by molar-refractivity contribution is 0.206. The number of nitrogens with zero attached hydrogens (tertiary/aromatic N) is 2. The summed E-state index contributed by atoms with van der Waals surface area (Å²) in [6.45, 7) is 13.7. The molecule has 0 aliphatic carbocycles. The summed E-state index contributed by atoms with van der Waals surface area (Å²) in [4.78, 5) is 5.14. The Hall–Kier alpha value is -0.380. The molecule has 0 spiro atoms. The third kappa shape index (κ3) is 3.89. The molecular weight excluding hydrogens is 198 g/mol. The summed E-state index contributed by atoms with van der Waals surface area (Å²) in [5, 5.41) is 3.53. The van der Waals surface area contributed by atoms with Crippen LogP contribution >= 0.6 is 0 Å². The first kappa shape index (κ1) is 12.1. The maximum absolute atomic E-state index is 4.23. The van der Waals surface area contributed by atoms with Crippen LogP contribution in [0.4, 0.5) is 0 Å². The van der Waals surface area contributed by atoms with Crippen molar-refractivity contribution >= 4 is 0 Å². The Bertz CT molecular complexity index is 203. The zero-order valence-corrected chi connectivity index (χ0v) is 10.4. The average molecular weight is 223 g/mol. The van der Waals surface area contributed by atoms with E-state index < -0.39 is 0 Å². The summed E-state index contributed by atoms with van der Waals surface area (Å²) in [6.07, 6.45) is 3.87. The largest absolute Gasteiger partial charge is 0.317 e. The highest BCUT2D eigenvalue weighted by atomic mass is 15.2. The second kappa shape index (κ2) is 6.38. The van der Waals surface area contributed by atoms with E-state index >= 15 is 0 Å². The van der Waals surface area contributed by atoms with Crippen LogP contribution in [0, 0.1) is 0 Å². The molecule has 2 atom stereocenters. The molecule has 3 fully saturated rings. The normalized spacial score (nSPS) is 33.9. The van der Waals surface area contributed by atoms with E-state index in [-0.39, 0.29) is 0 Å². The molecule has 2 unspecified atom stereocenters. The number of nitrogens with one attached hydrogen (secondary N) is 1. The predicted octanol–water partition coefficient (Wildman–Crippen LogP) is 0.934. The van der Waals surface area contributed by atoms with Crippen molar-refractivity contribution in [1.82, 2.24) is 15.1 Å². The molecule has 1 N–H and O–H groups in total. The second-order valence-corrected chi connectivity index (χ2v) is 5.11. The Kier molecular flexibility index (Phi) is 4.82. The molecule has 2 bridgehead atoms. The molecule has 3 saturated heterocycles. The van der Waals surface area contributed by atoms with Crippen molar-refractivity contribution in [1.29, 1.82) is 0 Å². The Morgan fingerprint density at radius 3 is 1.88 bits per heavy atom. The minimum absolute atomic E-state index is 1.11. The van der Waals surface area contributed by atoms with Crippen molar-refractivity contribution in [3.8, 4) is 0 Å². The predicted molar refractivity (Wildman–Crippen MR) is 68.7 cm³/mol. The van der Waals surface area contributed by atoms with E-state index in [1.165, 1.54) is 64.1 Å². The van der Waals surface area contributed by atoms with Gasteiger partial charge >= 0.3 is 0 Å². The van der Waals surface area contributed by atoms with Crippen LogP contribution in [0.3, 0.4) is 0 Å². The molecule has 3 aliphatic heterocycles. The van der Waals surface area contributed by atoms with Gasteiger partial charge in [0.15, 0.2) is 0 Å². The van der Waals surface area contributed by atoms with E-state index in [9.17, 15) is 0 Å². The Labute approximate surface area is 99.5 Å². The van der Waals surface area contributed by atoms with E-state index in [0.29, 0.717) is 0 Å². The van der Waals surface area contributed by atoms with Crippen LogP contribution < -0.4 is 5.32 Å². The van der Waals surface area contributed by atoms with E-state index in [1.807, 2.05) is 0 Å². The van der Waals surface area contributed by atoms with Gasteiger partial charge in [-0.25, -0.2) is 0 Å². The highest BCUT2D eigenvalue weighted by Crippen LogP contribution is 2.09. The van der Waals surface area contributed by atoms with E-state index in [1.54, 1.807) is 0 Å². The van der Waals surface area contributed by atoms with Gasteiger partial charge in [-0.15, -0.1) is 0 Å². The van der Waals surface area contributed by atoms with Crippen LogP contribution in [0.15, 0.2) is 12.2 Å². The van der Waals surface area contributed by atoms with Gasteiger partial charge < -0.3 is 5.32 Å². The first-order valence-electron chi connectivity index (χ1n) is 6.67. The monoisotopic (exact) mass is 223 g/mol. The Morgan fingerprint density at radius 2 is 1.31 bits per heavy atom. The first-order valence-corrected chi connectivity index (χ1v) is 6.67. The molecule has 0 aromatic rings. The van der Waals surface area contributed by atoms with Crippen LogP contribution in [0.1, 0.15) is 19.3 Å². The summed E-state index contributed by atoms with van der Waals surface area (Å²) < 4.78 is 0. The zero-order valence-electron chi connectivity index (χ0n) is 10.4. The van der Waals surface area contributed by atoms with Gasteiger partial charge in [0, 0.05) is 13.1 Å². The van der Waals surface area contributed by atoms with E-state index in [2.05, 4.69) is 21.7 Å². The lowest BCUT2D eigenvalue weighted by Crippen LogP contribution is -2.40. The smallest absolute Gasteiger partial charge is 0.0202 e. The highest BCUT2D eigenvalue weighted by molar-refractivity contribution is 5.01. The fourth-order valence-corrected chi connectivity index (χ4v) is 2.72. The lowest BCUT2D eigenvalue weighted by Gasteiger charge is -2.32. The molecule has 3 nitrogen and oxygen atoms in total. The topological polar surface area (TPSA) is 18.5 Å². The van der Waals surface area contributed by atoms with Crippen LogP contribution in [-0.4, -0.2) is 62.2 Å². The second-order valence-electron chi connectivity index (χ2n) is 5.11. The van der Waals surface area contributed by atoms with E-state index in [0.717, 1.165) is 13.1 Å². The van der Waals surface area contributed by atoms with Crippen molar-refractivity contribution in [2.24, 2.45) is 0 Å². The first-order chi connectivity index (χ1) is 7.84. The van der Waals surface area contributed by atoms with Gasteiger partial charge in [-0.1, -0.05) is 6.58 Å². The van der Waals surface area contributed by atoms with E-state index in [4.69, 9.17) is 0 Å². The molecule has 3 heterocycles. The molecule has 0 aromatic carbocycles. The van der Waals surface area contributed by atoms with Gasteiger partial charge in [0.1, 0.15) is 0 Å². The van der Waals surface area contributed by atoms with Crippen LogP contribution in [0.5, 0.6) is 0 Å². The molecule has 3 rings (SSSR count). The minimum Gasteiger partial charge on any atom is -0.317 e. The lowest BCUT2D eigenvalue weighted by atomic mass is 10.1. The Morgan fingerprint density at radius 1 is 0.812 bits per heavy atom. The van der Waals surface area contributed by atoms with Gasteiger partial charge in [-0.2, -0.15) is 0 Å². The summed E-state index contributed by atoms with van der Waals surface area (Å²) in [7, 11) is 0. The standard InChI is InChI=1S/C13H25N3/c1-13-11-15-7-2-5-14-6-3-8-16(12-13)10-4-9-15/h14H,1-12H2. The third-order valence-electron chi connectivity index (χ3n) is 3.50. The van der Waals surface area contributed by atoms with Gasteiger partial charge in [0.25, 0.3) is 0 Å². The molecule has 3 heteroatoms. The summed E-state index contributed by atoms with van der Waals surface area (Å²) in [6, 6.07) is 0. The van der Waals surface area contributed by atoms with Crippen LogP contribution in [0.2, 0.25) is 0 Å². The van der Waals surface area contributed by atoms with Gasteiger partial charge in [-0.05, 0) is 64.1 Å². The molecule has 92 valence electrons. The highest BCUT2D eigenvalue weighted by Gasteiger charge is 2.15. The fraction of sp³-hybridized carbons (Fsp3) is 0.846. The SMILES string of the molecule is C=C1CN2CCCNCCCN(CCC2)C1.